The molecule has 4 aromatic rings. The van der Waals surface area contributed by atoms with Crippen LogP contribution in [0.1, 0.15) is 51.3 Å². The van der Waals surface area contributed by atoms with Crippen LogP contribution in [0.3, 0.4) is 0 Å². The molecular weight excluding hydrogens is 612 g/mol. The van der Waals surface area contributed by atoms with Gasteiger partial charge in [-0.15, -0.1) is 0 Å². The van der Waals surface area contributed by atoms with E-state index in [1.807, 2.05) is 10.9 Å². The second-order valence-electron chi connectivity index (χ2n) is 12.9. The number of nitrogen functional groups attached to an aromatic ring is 1. The van der Waals surface area contributed by atoms with Crippen LogP contribution in [-0.4, -0.2) is 62.5 Å². The normalized spacial score (nSPS) is 17.4. The molecule has 1 fully saturated rings. The monoisotopic (exact) mass is 653 g/mol. The summed E-state index contributed by atoms with van der Waals surface area (Å²) >= 11 is 0. The molecule has 2 unspecified atom stereocenters. The molecule has 0 spiro atoms. The van der Waals surface area contributed by atoms with Crippen molar-refractivity contribution in [1.82, 2.24) is 29.4 Å². The first-order valence-electron chi connectivity index (χ1n) is 14.7. The van der Waals surface area contributed by atoms with Crippen LogP contribution in [0, 0.1) is 5.92 Å². The Hall–Kier alpha value is -3.25. The number of likely N-dealkylation sites (tertiary alicyclic amines) is 1. The molecule has 5 rings (SSSR count). The van der Waals surface area contributed by atoms with Crippen LogP contribution in [0.5, 0.6) is 0 Å². The Labute approximate surface area is 264 Å². The predicted octanol–water partition coefficient (Wildman–Crippen LogP) is 5.19. The first kappa shape index (κ1) is 32.7. The number of ether oxygens (including phenoxy) is 1. The Bertz CT molecular complexity index is 1610. The van der Waals surface area contributed by atoms with E-state index in [0.717, 1.165) is 35.4 Å². The van der Waals surface area contributed by atoms with E-state index in [-0.39, 0.29) is 41.8 Å². The van der Waals surface area contributed by atoms with Gasteiger partial charge in [0.15, 0.2) is 0 Å². The quantitative estimate of drug-likeness (QED) is 0.152. The number of pyridine rings is 1. The number of piperidine rings is 1. The number of aromatic nitrogens is 5. The Kier molecular flexibility index (Phi) is 10.0. The van der Waals surface area contributed by atoms with Gasteiger partial charge in [-0.05, 0) is 56.3 Å². The number of nitrogens with zero attached hydrogens (tertiary/aromatic N) is 6. The fourth-order valence-corrected chi connectivity index (χ4v) is 6.32. The molecule has 2 atom stereocenters. The van der Waals surface area contributed by atoms with Gasteiger partial charge >= 0.3 is 11.8 Å². The number of hydrogen-bond donors (Lipinski definition) is 2. The third-order valence-electron chi connectivity index (χ3n) is 7.93. The van der Waals surface area contributed by atoms with Gasteiger partial charge in [0, 0.05) is 49.7 Å². The Morgan fingerprint density at radius 3 is 2.63 bits per heavy atom. The minimum atomic E-state index is -1.24. The van der Waals surface area contributed by atoms with E-state index < -0.39 is 19.9 Å². The van der Waals surface area contributed by atoms with Crippen molar-refractivity contribution in [3.63, 3.8) is 0 Å². The predicted molar refractivity (Wildman–Crippen MR) is 168 cm³/mol. The van der Waals surface area contributed by atoms with E-state index in [1.165, 1.54) is 6.20 Å². The van der Waals surface area contributed by atoms with Crippen LogP contribution in [0.15, 0.2) is 36.8 Å². The molecule has 1 saturated heterocycles. The molecular formula is C30H42CuN8O3Si. The van der Waals surface area contributed by atoms with Crippen molar-refractivity contribution < 1.29 is 31.4 Å². The molecule has 1 aromatic carbocycles. The number of nitrogens with one attached hydrogen (secondary N) is 1. The van der Waals surface area contributed by atoms with Crippen molar-refractivity contribution in [1.29, 1.82) is 0 Å². The van der Waals surface area contributed by atoms with E-state index >= 15 is 0 Å². The summed E-state index contributed by atoms with van der Waals surface area (Å²) in [6.07, 6.45) is 6.69. The number of fused-ring (bicyclic) bond motifs is 2. The van der Waals surface area contributed by atoms with Gasteiger partial charge in [0.1, 0.15) is 12.5 Å². The maximum absolute atomic E-state index is 13.7. The van der Waals surface area contributed by atoms with Gasteiger partial charge in [0.25, 0.3) is 0 Å². The number of anilines is 2. The Balaban J connectivity index is 0.00000423. The fraction of sp³-hybridized carbons (Fsp3) is 0.500. The van der Waals surface area contributed by atoms with Crippen molar-refractivity contribution in [2.45, 2.75) is 78.1 Å². The number of nitrogens with two attached hydrogens (primary N) is 1. The maximum atomic E-state index is 13.7. The van der Waals surface area contributed by atoms with Gasteiger partial charge in [-0.2, -0.15) is 10.2 Å². The minimum absolute atomic E-state index is 0. The second-order valence-corrected chi connectivity index (χ2v) is 18.5. The van der Waals surface area contributed by atoms with Crippen LogP contribution in [-0.2, 0) is 38.1 Å². The van der Waals surface area contributed by atoms with E-state index in [0.29, 0.717) is 35.6 Å². The number of hydrogen-bond acceptors (Lipinski definition) is 7. The van der Waals surface area contributed by atoms with Crippen molar-refractivity contribution in [3.8, 4) is 0 Å². The van der Waals surface area contributed by atoms with Gasteiger partial charge in [0.2, 0.25) is 0 Å². The summed E-state index contributed by atoms with van der Waals surface area (Å²) in [5.74, 6) is -0.719. The average Bonchev–Trinajstić information content (AvgIpc) is 3.56. The molecule has 3 aromatic heterocycles. The number of amides is 2. The van der Waals surface area contributed by atoms with E-state index in [2.05, 4.69) is 79.1 Å². The van der Waals surface area contributed by atoms with Crippen LogP contribution < -0.4 is 11.1 Å². The summed E-state index contributed by atoms with van der Waals surface area (Å²) < 4.78 is 9.54. The van der Waals surface area contributed by atoms with Gasteiger partial charge in [0.05, 0.1) is 46.7 Å². The molecule has 2 amide bonds. The minimum Gasteiger partial charge on any atom is -0.383 e. The molecule has 235 valence electrons. The van der Waals surface area contributed by atoms with Crippen molar-refractivity contribution >= 4 is 53.2 Å². The standard InChI is InChI=1S/C30H42N8O3Si.Cu/c1-19(2)38-26-10-8-21(13-22(26)14-34-38)25-9-7-20(3)17-36(25)30(40)29(39)35-24-16-32-28(31)23-15-33-37(27(23)24)18-41-11-12-42(4,5)6;/h8,10,13-16,19-20,25H,7,9,11-12,17-18H2,1-6H3,(H2,31,32)(H,35,39);. The Morgan fingerprint density at radius 1 is 1.14 bits per heavy atom. The molecule has 4 heterocycles. The first-order chi connectivity index (χ1) is 19.9. The van der Waals surface area contributed by atoms with Gasteiger partial charge in [-0.1, -0.05) is 32.6 Å². The average molecular weight is 654 g/mol. The van der Waals surface area contributed by atoms with Crippen molar-refractivity contribution in [2.75, 3.05) is 24.2 Å². The molecule has 3 N–H and O–H groups in total. The zero-order valence-electron chi connectivity index (χ0n) is 25.7. The van der Waals surface area contributed by atoms with E-state index in [4.69, 9.17) is 10.5 Å². The first-order valence-corrected chi connectivity index (χ1v) is 18.4. The summed E-state index contributed by atoms with van der Waals surface area (Å²) in [5.41, 5.74) is 9.12. The van der Waals surface area contributed by atoms with Gasteiger partial charge in [-0.25, -0.2) is 9.67 Å². The third kappa shape index (κ3) is 7.12. The smallest absolute Gasteiger partial charge is 0.314 e. The zero-order chi connectivity index (χ0) is 30.2. The van der Waals surface area contributed by atoms with Gasteiger partial charge in [-0.3, -0.25) is 14.3 Å². The molecule has 1 aliphatic heterocycles. The molecule has 1 radical (unpaired) electrons. The number of carbonyl (C=O) groups is 2. The van der Waals surface area contributed by atoms with Crippen LogP contribution in [0.4, 0.5) is 11.5 Å². The summed E-state index contributed by atoms with van der Waals surface area (Å²) in [6, 6.07) is 7.26. The fourth-order valence-electron chi connectivity index (χ4n) is 5.56. The van der Waals surface area contributed by atoms with Crippen molar-refractivity contribution in [2.24, 2.45) is 5.92 Å². The molecule has 0 bridgehead atoms. The molecule has 13 heteroatoms. The number of benzene rings is 1. The second kappa shape index (κ2) is 13.2. The molecule has 1 aliphatic rings. The number of rotatable bonds is 8. The summed E-state index contributed by atoms with van der Waals surface area (Å²) in [5, 5.41) is 13.4. The maximum Gasteiger partial charge on any atom is 0.314 e. The van der Waals surface area contributed by atoms with Crippen molar-refractivity contribution in [3.05, 3.63) is 42.4 Å². The van der Waals surface area contributed by atoms with Crippen LogP contribution in [0.25, 0.3) is 21.8 Å². The summed E-state index contributed by atoms with van der Waals surface area (Å²) in [7, 11) is -1.24. The molecule has 11 nitrogen and oxygen atoms in total. The topological polar surface area (TPSA) is 133 Å². The Morgan fingerprint density at radius 2 is 1.91 bits per heavy atom. The van der Waals surface area contributed by atoms with E-state index in [1.54, 1.807) is 15.8 Å². The summed E-state index contributed by atoms with van der Waals surface area (Å²) in [4.78, 5) is 33.2. The van der Waals surface area contributed by atoms with E-state index in [9.17, 15) is 9.59 Å². The largest absolute Gasteiger partial charge is 0.383 e. The molecule has 43 heavy (non-hydrogen) atoms. The third-order valence-corrected chi connectivity index (χ3v) is 9.63. The van der Waals surface area contributed by atoms with Crippen LogP contribution in [0.2, 0.25) is 25.7 Å². The SMILES string of the molecule is CC1CCC(c2ccc3c(cnn3C(C)C)c2)N(C(=O)C(=O)Nc2cnc(N)c3cnn(COCC[Si](C)(C)C)c23)C1.[Cu]. The van der Waals surface area contributed by atoms with Gasteiger partial charge < -0.3 is 20.7 Å². The zero-order valence-corrected chi connectivity index (χ0v) is 27.7. The number of carbonyl (C=O) groups excluding carboxylic acids is 2. The summed E-state index contributed by atoms with van der Waals surface area (Å²) in [6.45, 7) is 14.5. The van der Waals surface area contributed by atoms with Crippen LogP contribution >= 0.6 is 0 Å². The molecule has 0 saturated carbocycles. The molecule has 0 aliphatic carbocycles.